The number of rotatable bonds is 11. The highest BCUT2D eigenvalue weighted by atomic mass is 16.5. The van der Waals surface area contributed by atoms with E-state index in [1.807, 2.05) is 4.90 Å². The average Bonchev–Trinajstić information content (AvgIpc) is 2.52. The van der Waals surface area contributed by atoms with Crippen LogP contribution >= 0.6 is 0 Å². The third kappa shape index (κ3) is 9.95. The molecular weight excluding hydrogens is 292 g/mol. The lowest BCUT2D eigenvalue weighted by molar-refractivity contribution is -0.138. The van der Waals surface area contributed by atoms with Crippen molar-refractivity contribution in [1.29, 1.82) is 0 Å². The van der Waals surface area contributed by atoms with Gasteiger partial charge in [0.25, 0.3) is 0 Å². The molecule has 0 aromatic carbocycles. The van der Waals surface area contributed by atoms with Crippen LogP contribution in [0, 0.1) is 11.8 Å². The zero-order chi connectivity index (χ0) is 17.1. The first-order chi connectivity index (χ1) is 11.0. The molecule has 1 amide bonds. The van der Waals surface area contributed by atoms with Crippen molar-refractivity contribution < 1.29 is 14.3 Å². The highest BCUT2D eigenvalue weighted by Crippen LogP contribution is 2.07. The average molecular weight is 328 g/mol. The molecule has 1 saturated heterocycles. The zero-order valence-electron chi connectivity index (χ0n) is 15.6. The molecular formula is C18H36N2O3. The number of hydrogen-bond donors (Lipinski definition) is 0. The fourth-order valence-electron chi connectivity index (χ4n) is 2.45. The first-order valence-corrected chi connectivity index (χ1v) is 9.14. The second-order valence-electron chi connectivity index (χ2n) is 7.25. The lowest BCUT2D eigenvalue weighted by atomic mass is 10.1. The first-order valence-electron chi connectivity index (χ1n) is 9.14. The van der Waals surface area contributed by atoms with Crippen molar-refractivity contribution in [1.82, 2.24) is 9.80 Å². The molecule has 23 heavy (non-hydrogen) atoms. The molecule has 1 fully saturated rings. The number of ether oxygens (including phenoxy) is 2. The second kappa shape index (κ2) is 11.8. The lowest BCUT2D eigenvalue weighted by Crippen LogP contribution is -2.50. The van der Waals surface area contributed by atoms with Gasteiger partial charge >= 0.3 is 0 Å². The number of hydrogen-bond acceptors (Lipinski definition) is 4. The zero-order valence-corrected chi connectivity index (χ0v) is 15.6. The van der Waals surface area contributed by atoms with E-state index >= 15 is 0 Å². The van der Waals surface area contributed by atoms with Crippen LogP contribution in [0.1, 0.15) is 40.5 Å². The van der Waals surface area contributed by atoms with Gasteiger partial charge in [0.1, 0.15) is 6.61 Å². The summed E-state index contributed by atoms with van der Waals surface area (Å²) in [5, 5.41) is 0. The van der Waals surface area contributed by atoms with Gasteiger partial charge in [0, 0.05) is 32.8 Å². The number of piperazine rings is 1. The van der Waals surface area contributed by atoms with Crippen molar-refractivity contribution >= 4 is 5.91 Å². The lowest BCUT2D eigenvalue weighted by Gasteiger charge is -2.35. The summed E-state index contributed by atoms with van der Waals surface area (Å²) in [6.07, 6.45) is 2.30. The number of nitrogens with zero attached hydrogens (tertiary/aromatic N) is 2. The largest absolute Gasteiger partial charge is 0.379 e. The fraction of sp³-hybridized carbons (Fsp3) is 0.944. The highest BCUT2D eigenvalue weighted by molar-refractivity contribution is 5.77. The molecule has 0 aromatic rings. The summed E-state index contributed by atoms with van der Waals surface area (Å²) >= 11 is 0. The third-order valence-corrected chi connectivity index (χ3v) is 4.18. The molecule has 0 aliphatic carbocycles. The van der Waals surface area contributed by atoms with Gasteiger partial charge in [0.05, 0.1) is 13.2 Å². The molecule has 0 saturated carbocycles. The van der Waals surface area contributed by atoms with Crippen molar-refractivity contribution in [2.24, 2.45) is 11.8 Å². The van der Waals surface area contributed by atoms with Gasteiger partial charge in [-0.3, -0.25) is 9.69 Å². The first kappa shape index (κ1) is 20.4. The molecule has 1 heterocycles. The third-order valence-electron chi connectivity index (χ3n) is 4.18. The Hall–Kier alpha value is -0.650. The molecule has 0 spiro atoms. The summed E-state index contributed by atoms with van der Waals surface area (Å²) in [6, 6.07) is 0. The summed E-state index contributed by atoms with van der Waals surface area (Å²) < 4.78 is 10.9. The van der Waals surface area contributed by atoms with E-state index in [0.29, 0.717) is 19.1 Å². The quantitative estimate of drug-likeness (QED) is 0.546. The van der Waals surface area contributed by atoms with Gasteiger partial charge in [-0.05, 0) is 31.2 Å². The van der Waals surface area contributed by atoms with E-state index in [1.54, 1.807) is 0 Å². The minimum absolute atomic E-state index is 0.107. The Morgan fingerprint density at radius 3 is 2.09 bits per heavy atom. The molecule has 0 atom stereocenters. The minimum atomic E-state index is 0.107. The van der Waals surface area contributed by atoms with E-state index in [2.05, 4.69) is 32.6 Å². The Labute approximate surface area is 142 Å². The Balaban J connectivity index is 2.01. The van der Waals surface area contributed by atoms with E-state index in [9.17, 15) is 4.79 Å². The Morgan fingerprint density at radius 2 is 1.48 bits per heavy atom. The number of carbonyl (C=O) groups is 1. The van der Waals surface area contributed by atoms with Crippen LogP contribution in [0.4, 0.5) is 0 Å². The SMILES string of the molecule is CC(C)CCOCCOCC(=O)N1CCN(CCC(C)C)CC1. The maximum absolute atomic E-state index is 12.1. The molecule has 1 aliphatic heterocycles. The molecule has 0 aromatic heterocycles. The minimum Gasteiger partial charge on any atom is -0.379 e. The van der Waals surface area contributed by atoms with Gasteiger partial charge in [0.15, 0.2) is 0 Å². The molecule has 5 heteroatoms. The van der Waals surface area contributed by atoms with Gasteiger partial charge in [0.2, 0.25) is 5.91 Å². The summed E-state index contributed by atoms with van der Waals surface area (Å²) in [5.74, 6) is 1.51. The Morgan fingerprint density at radius 1 is 0.870 bits per heavy atom. The number of carbonyl (C=O) groups excluding carboxylic acids is 1. The topological polar surface area (TPSA) is 42.0 Å². The smallest absolute Gasteiger partial charge is 0.248 e. The molecule has 0 radical (unpaired) electrons. The second-order valence-corrected chi connectivity index (χ2v) is 7.25. The molecule has 0 unspecified atom stereocenters. The van der Waals surface area contributed by atoms with E-state index in [4.69, 9.17) is 9.47 Å². The van der Waals surface area contributed by atoms with Gasteiger partial charge in [-0.15, -0.1) is 0 Å². The molecule has 5 nitrogen and oxygen atoms in total. The molecule has 1 rings (SSSR count). The van der Waals surface area contributed by atoms with Gasteiger partial charge in [-0.1, -0.05) is 27.7 Å². The van der Waals surface area contributed by atoms with Crippen molar-refractivity contribution in [3.05, 3.63) is 0 Å². The van der Waals surface area contributed by atoms with E-state index in [-0.39, 0.29) is 12.5 Å². The van der Waals surface area contributed by atoms with E-state index in [0.717, 1.165) is 51.7 Å². The summed E-state index contributed by atoms with van der Waals surface area (Å²) in [4.78, 5) is 16.5. The van der Waals surface area contributed by atoms with E-state index in [1.165, 1.54) is 6.42 Å². The predicted octanol–water partition coefficient (Wildman–Crippen LogP) is 2.26. The maximum atomic E-state index is 12.1. The molecule has 1 aliphatic rings. The summed E-state index contributed by atoms with van der Waals surface area (Å²) in [5.41, 5.74) is 0. The Kier molecular flexibility index (Phi) is 10.5. The summed E-state index contributed by atoms with van der Waals surface area (Å²) in [6.45, 7) is 15.7. The van der Waals surface area contributed by atoms with Crippen LogP contribution in [0.25, 0.3) is 0 Å². The standard InChI is InChI=1S/C18H36N2O3/c1-16(2)5-7-19-8-10-20(11-9-19)18(21)15-23-14-13-22-12-6-17(3)4/h16-17H,5-15H2,1-4H3. The number of amides is 1. The van der Waals surface area contributed by atoms with Crippen LogP contribution < -0.4 is 0 Å². The normalized spacial score (nSPS) is 16.5. The van der Waals surface area contributed by atoms with Gasteiger partial charge in [-0.25, -0.2) is 0 Å². The van der Waals surface area contributed by atoms with Crippen molar-refractivity contribution in [2.75, 3.05) is 59.2 Å². The van der Waals surface area contributed by atoms with Gasteiger partial charge < -0.3 is 14.4 Å². The fourth-order valence-corrected chi connectivity index (χ4v) is 2.45. The van der Waals surface area contributed by atoms with Crippen molar-refractivity contribution in [3.63, 3.8) is 0 Å². The van der Waals surface area contributed by atoms with Crippen LogP contribution in [-0.2, 0) is 14.3 Å². The Bertz CT molecular complexity index is 313. The molecule has 0 N–H and O–H groups in total. The monoisotopic (exact) mass is 328 g/mol. The van der Waals surface area contributed by atoms with Crippen LogP contribution in [0.3, 0.4) is 0 Å². The van der Waals surface area contributed by atoms with Crippen LogP contribution in [0.15, 0.2) is 0 Å². The van der Waals surface area contributed by atoms with Gasteiger partial charge in [-0.2, -0.15) is 0 Å². The van der Waals surface area contributed by atoms with Crippen LogP contribution in [-0.4, -0.2) is 74.9 Å². The van der Waals surface area contributed by atoms with Crippen LogP contribution in [0.2, 0.25) is 0 Å². The van der Waals surface area contributed by atoms with Crippen molar-refractivity contribution in [2.45, 2.75) is 40.5 Å². The van der Waals surface area contributed by atoms with E-state index < -0.39 is 0 Å². The van der Waals surface area contributed by atoms with Crippen molar-refractivity contribution in [3.8, 4) is 0 Å². The molecule has 136 valence electrons. The predicted molar refractivity (Wildman–Crippen MR) is 93.6 cm³/mol. The maximum Gasteiger partial charge on any atom is 0.248 e. The van der Waals surface area contributed by atoms with Crippen LogP contribution in [0.5, 0.6) is 0 Å². The molecule has 0 bridgehead atoms. The summed E-state index contributed by atoms with van der Waals surface area (Å²) in [7, 11) is 0. The highest BCUT2D eigenvalue weighted by Gasteiger charge is 2.20.